The molecule has 0 bridgehead atoms. The van der Waals surface area contributed by atoms with Crippen LogP contribution in [0.5, 0.6) is 0 Å². The predicted octanol–water partition coefficient (Wildman–Crippen LogP) is 2.50. The van der Waals surface area contributed by atoms with E-state index in [1.165, 1.54) is 4.90 Å². The van der Waals surface area contributed by atoms with Crippen LogP contribution in [0, 0.1) is 17.3 Å². The van der Waals surface area contributed by atoms with Crippen molar-refractivity contribution in [2.45, 2.75) is 97.9 Å². The Balaban J connectivity index is 1.87. The number of imide groups is 1. The number of fused-ring (bicyclic) bond motifs is 2. The topological polar surface area (TPSA) is 79.0 Å². The molecule has 2 heterocycles. The molecule has 2 aliphatic heterocycles. The number of nitrogens with zero attached hydrogens (tertiary/aromatic N) is 2. The van der Waals surface area contributed by atoms with Crippen LogP contribution in [-0.2, 0) is 19.2 Å². The van der Waals surface area contributed by atoms with Gasteiger partial charge in [0.15, 0.2) is 0 Å². The summed E-state index contributed by atoms with van der Waals surface area (Å²) >= 11 is 0. The molecule has 164 valence electrons. The monoisotopic (exact) mass is 407 g/mol. The molecular weight excluding hydrogens is 370 g/mol. The fourth-order valence-corrected chi connectivity index (χ4v) is 4.98. The Labute approximate surface area is 174 Å². The first-order valence-corrected chi connectivity index (χ1v) is 11.0. The van der Waals surface area contributed by atoms with Gasteiger partial charge in [0, 0.05) is 12.5 Å². The summed E-state index contributed by atoms with van der Waals surface area (Å²) < 4.78 is 0. The van der Waals surface area contributed by atoms with Gasteiger partial charge < -0.3 is 4.90 Å². The molecular formula is C22H37N3O4. The molecule has 1 saturated carbocycles. The average Bonchev–Trinajstić information content (AvgIpc) is 3.07. The number of likely N-dealkylation sites (tertiary alicyclic amines) is 2. The highest BCUT2D eigenvalue weighted by atomic mass is 16.7. The lowest BCUT2D eigenvalue weighted by Crippen LogP contribution is -2.58. The molecule has 2 saturated heterocycles. The van der Waals surface area contributed by atoms with Crippen LogP contribution in [0.2, 0.25) is 0 Å². The third-order valence-electron chi connectivity index (χ3n) is 6.59. The molecule has 3 amide bonds. The second-order valence-electron chi connectivity index (χ2n) is 10.6. The van der Waals surface area contributed by atoms with Gasteiger partial charge in [0.1, 0.15) is 6.04 Å². The van der Waals surface area contributed by atoms with Crippen molar-refractivity contribution in [3.8, 4) is 0 Å². The molecule has 3 aliphatic rings. The smallest absolute Gasteiger partial charge is 0.242 e. The van der Waals surface area contributed by atoms with Crippen LogP contribution >= 0.6 is 0 Å². The van der Waals surface area contributed by atoms with E-state index in [1.807, 2.05) is 53.4 Å². The van der Waals surface area contributed by atoms with E-state index in [0.29, 0.717) is 13.0 Å². The van der Waals surface area contributed by atoms with Crippen LogP contribution < -0.4 is 5.48 Å². The molecule has 1 spiro atoms. The Hall–Kier alpha value is -1.47. The van der Waals surface area contributed by atoms with E-state index in [4.69, 9.17) is 4.84 Å². The van der Waals surface area contributed by atoms with Gasteiger partial charge in [-0.15, -0.1) is 0 Å². The highest BCUT2D eigenvalue weighted by molar-refractivity contribution is 6.03. The van der Waals surface area contributed by atoms with Crippen molar-refractivity contribution >= 4 is 17.7 Å². The largest absolute Gasteiger partial charge is 0.335 e. The number of hydroxylamine groups is 1. The van der Waals surface area contributed by atoms with Gasteiger partial charge in [-0.05, 0) is 46.0 Å². The zero-order valence-electron chi connectivity index (χ0n) is 18.9. The summed E-state index contributed by atoms with van der Waals surface area (Å²) in [5, 5.41) is 0. The number of hydrogen-bond acceptors (Lipinski definition) is 5. The minimum atomic E-state index is -0.576. The Kier molecular flexibility index (Phi) is 5.86. The zero-order chi connectivity index (χ0) is 21.7. The summed E-state index contributed by atoms with van der Waals surface area (Å²) in [6, 6.07) is -0.898. The van der Waals surface area contributed by atoms with E-state index >= 15 is 0 Å². The van der Waals surface area contributed by atoms with Crippen molar-refractivity contribution in [1.29, 1.82) is 0 Å². The van der Waals surface area contributed by atoms with Crippen LogP contribution in [0.3, 0.4) is 0 Å². The van der Waals surface area contributed by atoms with Gasteiger partial charge >= 0.3 is 0 Å². The molecule has 3 rings (SSSR count). The minimum Gasteiger partial charge on any atom is -0.335 e. The summed E-state index contributed by atoms with van der Waals surface area (Å²) in [7, 11) is 0. The van der Waals surface area contributed by atoms with Gasteiger partial charge in [-0.2, -0.15) is 5.48 Å². The quantitative estimate of drug-likeness (QED) is 0.709. The maximum Gasteiger partial charge on any atom is 0.242 e. The fraction of sp³-hybridized carbons (Fsp3) is 0.864. The molecule has 3 atom stereocenters. The molecule has 0 unspecified atom stereocenters. The number of amides is 3. The number of nitrogens with one attached hydrogen (secondary N) is 1. The molecule has 7 nitrogen and oxygen atoms in total. The van der Waals surface area contributed by atoms with Crippen LogP contribution in [-0.4, -0.2) is 57.8 Å². The van der Waals surface area contributed by atoms with E-state index < -0.39 is 17.1 Å². The maximum absolute atomic E-state index is 13.6. The summed E-state index contributed by atoms with van der Waals surface area (Å²) in [4.78, 5) is 48.8. The first-order valence-electron chi connectivity index (χ1n) is 11.0. The highest BCUT2D eigenvalue weighted by Crippen LogP contribution is 2.56. The van der Waals surface area contributed by atoms with Crippen molar-refractivity contribution in [3.05, 3.63) is 0 Å². The lowest BCUT2D eigenvalue weighted by atomic mass is 9.64. The molecule has 7 heteroatoms. The minimum absolute atomic E-state index is 0.0327. The van der Waals surface area contributed by atoms with Crippen molar-refractivity contribution in [1.82, 2.24) is 15.3 Å². The molecule has 0 aromatic carbocycles. The Morgan fingerprint density at radius 1 is 1.14 bits per heavy atom. The Morgan fingerprint density at radius 2 is 1.76 bits per heavy atom. The number of rotatable bonds is 5. The number of carbonyl (C=O) groups excluding carboxylic acids is 3. The molecule has 0 aromatic rings. The Bertz CT molecular complexity index is 678. The maximum atomic E-state index is 13.6. The standard InChI is InChI=1S/C22H37N3O4/c1-13(2)16(23-29-21(5,6)7)19(27)24-12-9-15-17(24)22(10-8-11-22)20(28)25(15)18(26)14(3)4/h13-17,23H,8-12H2,1-7H3/t15-,16-,17-/m0/s1. The molecule has 3 fully saturated rings. The van der Waals surface area contributed by atoms with E-state index in [-0.39, 0.29) is 41.6 Å². The van der Waals surface area contributed by atoms with Crippen molar-refractivity contribution in [2.24, 2.45) is 17.3 Å². The lowest BCUT2D eigenvalue weighted by molar-refractivity contribution is -0.154. The SMILES string of the molecule is CC(C)C(=O)N1C(=O)C2(CCC2)[C@@H]2[C@@H]1CCN2C(=O)[C@@H](NOC(C)(C)C)C(C)C. The molecule has 0 radical (unpaired) electrons. The van der Waals surface area contributed by atoms with E-state index in [1.54, 1.807) is 0 Å². The fourth-order valence-electron chi connectivity index (χ4n) is 4.98. The van der Waals surface area contributed by atoms with Crippen molar-refractivity contribution in [2.75, 3.05) is 6.54 Å². The second-order valence-corrected chi connectivity index (χ2v) is 10.6. The predicted molar refractivity (Wildman–Crippen MR) is 109 cm³/mol. The van der Waals surface area contributed by atoms with E-state index in [9.17, 15) is 14.4 Å². The zero-order valence-corrected chi connectivity index (χ0v) is 18.9. The average molecular weight is 408 g/mol. The second kappa shape index (κ2) is 7.65. The summed E-state index contributed by atoms with van der Waals surface area (Å²) in [5.41, 5.74) is 1.99. The third kappa shape index (κ3) is 3.72. The molecule has 1 aliphatic carbocycles. The van der Waals surface area contributed by atoms with Crippen LogP contribution in [0.25, 0.3) is 0 Å². The highest BCUT2D eigenvalue weighted by Gasteiger charge is 2.67. The van der Waals surface area contributed by atoms with Crippen molar-refractivity contribution in [3.63, 3.8) is 0 Å². The van der Waals surface area contributed by atoms with Crippen LogP contribution in [0.1, 0.15) is 74.1 Å². The summed E-state index contributed by atoms with van der Waals surface area (Å²) in [6.45, 7) is 14.0. The third-order valence-corrected chi connectivity index (χ3v) is 6.59. The molecule has 29 heavy (non-hydrogen) atoms. The number of carbonyl (C=O) groups is 3. The van der Waals surface area contributed by atoms with Crippen molar-refractivity contribution < 1.29 is 19.2 Å². The van der Waals surface area contributed by atoms with E-state index in [2.05, 4.69) is 5.48 Å². The van der Waals surface area contributed by atoms with E-state index in [0.717, 1.165) is 19.3 Å². The lowest BCUT2D eigenvalue weighted by Gasteiger charge is -2.44. The summed E-state index contributed by atoms with van der Waals surface area (Å²) in [5.74, 6) is -0.404. The van der Waals surface area contributed by atoms with Gasteiger partial charge in [-0.1, -0.05) is 34.1 Å². The first-order chi connectivity index (χ1) is 13.4. The Morgan fingerprint density at radius 3 is 2.21 bits per heavy atom. The van der Waals surface area contributed by atoms with Crippen LogP contribution in [0.4, 0.5) is 0 Å². The first kappa shape index (κ1) is 22.2. The molecule has 1 N–H and O–H groups in total. The normalized spacial score (nSPS) is 27.0. The number of hydrogen-bond donors (Lipinski definition) is 1. The van der Waals surface area contributed by atoms with Gasteiger partial charge in [0.05, 0.1) is 23.1 Å². The van der Waals surface area contributed by atoms with Gasteiger partial charge in [0.25, 0.3) is 0 Å². The molecule has 0 aromatic heterocycles. The summed E-state index contributed by atoms with van der Waals surface area (Å²) in [6.07, 6.45) is 3.15. The van der Waals surface area contributed by atoms with Gasteiger partial charge in [-0.3, -0.25) is 24.1 Å². The van der Waals surface area contributed by atoms with Gasteiger partial charge in [-0.25, -0.2) is 0 Å². The van der Waals surface area contributed by atoms with Gasteiger partial charge in [0.2, 0.25) is 17.7 Å². The van der Waals surface area contributed by atoms with Crippen LogP contribution in [0.15, 0.2) is 0 Å².